The van der Waals surface area contributed by atoms with Crippen molar-refractivity contribution in [2.75, 3.05) is 7.05 Å². The number of hydrogen-bond donors (Lipinski definition) is 2. The molecule has 2 rings (SSSR count). The van der Waals surface area contributed by atoms with E-state index >= 15 is 0 Å². The number of nitrogens with zero attached hydrogens (tertiary/aromatic N) is 1. The number of rotatable bonds is 3. The lowest BCUT2D eigenvalue weighted by molar-refractivity contribution is 0.820. The van der Waals surface area contributed by atoms with Crippen molar-refractivity contribution < 1.29 is 0 Å². The van der Waals surface area contributed by atoms with Gasteiger partial charge in [-0.1, -0.05) is 0 Å². The van der Waals surface area contributed by atoms with E-state index in [1.807, 2.05) is 13.2 Å². The van der Waals surface area contributed by atoms with Crippen molar-refractivity contribution >= 4 is 11.3 Å². The van der Waals surface area contributed by atoms with Crippen LogP contribution in [0.1, 0.15) is 11.1 Å². The predicted octanol–water partition coefficient (Wildman–Crippen LogP) is 2.17. The maximum atomic E-state index is 4.08. The molecule has 2 aromatic heterocycles. The van der Waals surface area contributed by atoms with Crippen LogP contribution in [-0.2, 0) is 6.54 Å². The third-order valence-corrected chi connectivity index (χ3v) is 3.21. The Morgan fingerprint density at radius 2 is 2.43 bits per heavy atom. The molecule has 14 heavy (non-hydrogen) atoms. The van der Waals surface area contributed by atoms with E-state index in [0.29, 0.717) is 0 Å². The third kappa shape index (κ3) is 1.58. The highest BCUT2D eigenvalue weighted by Crippen LogP contribution is 2.29. The molecule has 0 aliphatic rings. The number of hydrogen-bond acceptors (Lipinski definition) is 3. The van der Waals surface area contributed by atoms with Crippen molar-refractivity contribution in [3.8, 4) is 10.6 Å². The minimum atomic E-state index is 0.850. The smallest absolute Gasteiger partial charge is 0.0797 e. The number of thiophene rings is 1. The highest BCUT2D eigenvalue weighted by Gasteiger charge is 2.09. The molecule has 0 aromatic carbocycles. The number of nitrogens with one attached hydrogen (secondary N) is 2. The number of aromatic amines is 1. The lowest BCUT2D eigenvalue weighted by atomic mass is 10.1. The highest BCUT2D eigenvalue weighted by molar-refractivity contribution is 7.13. The minimum Gasteiger partial charge on any atom is -0.316 e. The summed E-state index contributed by atoms with van der Waals surface area (Å²) in [5, 5.41) is 12.4. The Hall–Kier alpha value is -1.13. The molecule has 0 amide bonds. The van der Waals surface area contributed by atoms with Crippen LogP contribution >= 0.6 is 11.3 Å². The molecule has 0 fully saturated rings. The van der Waals surface area contributed by atoms with Crippen LogP contribution in [0.4, 0.5) is 0 Å². The van der Waals surface area contributed by atoms with Gasteiger partial charge in [-0.25, -0.2) is 0 Å². The minimum absolute atomic E-state index is 0.850. The Labute approximate surface area is 87.2 Å². The van der Waals surface area contributed by atoms with Gasteiger partial charge in [-0.2, -0.15) is 5.10 Å². The van der Waals surface area contributed by atoms with Crippen LogP contribution in [0, 0.1) is 6.92 Å². The predicted molar refractivity (Wildman–Crippen MR) is 59.4 cm³/mol. The van der Waals surface area contributed by atoms with Gasteiger partial charge in [-0.3, -0.25) is 5.10 Å². The molecule has 0 radical (unpaired) electrons. The zero-order valence-electron chi connectivity index (χ0n) is 8.29. The monoisotopic (exact) mass is 207 g/mol. The molecule has 0 unspecified atom stereocenters. The van der Waals surface area contributed by atoms with Gasteiger partial charge in [0.25, 0.3) is 0 Å². The standard InChI is InChI=1S/C10H13N3S/c1-7-3-4-14-10(7)9-8(5-11-2)6-12-13-9/h3-4,6,11H,5H2,1-2H3,(H,12,13). The summed E-state index contributed by atoms with van der Waals surface area (Å²) in [5.41, 5.74) is 3.67. The molecule has 0 aliphatic carbocycles. The summed E-state index contributed by atoms with van der Waals surface area (Å²) in [6, 6.07) is 2.13. The van der Waals surface area contributed by atoms with Crippen molar-refractivity contribution in [3.05, 3.63) is 28.8 Å². The van der Waals surface area contributed by atoms with Crippen molar-refractivity contribution in [1.29, 1.82) is 0 Å². The van der Waals surface area contributed by atoms with E-state index in [1.165, 1.54) is 16.0 Å². The van der Waals surface area contributed by atoms with E-state index in [-0.39, 0.29) is 0 Å². The number of H-pyrrole nitrogens is 1. The van der Waals surface area contributed by atoms with Gasteiger partial charge in [0.05, 0.1) is 16.8 Å². The van der Waals surface area contributed by atoms with Crippen molar-refractivity contribution in [3.63, 3.8) is 0 Å². The maximum Gasteiger partial charge on any atom is 0.0797 e. The zero-order chi connectivity index (χ0) is 9.97. The lowest BCUT2D eigenvalue weighted by Gasteiger charge is -2.00. The molecule has 3 nitrogen and oxygen atoms in total. The zero-order valence-corrected chi connectivity index (χ0v) is 9.11. The van der Waals surface area contributed by atoms with Gasteiger partial charge in [0.2, 0.25) is 0 Å². The Balaban J connectivity index is 2.41. The van der Waals surface area contributed by atoms with Crippen molar-refractivity contribution in [2.24, 2.45) is 0 Å². The normalized spacial score (nSPS) is 10.7. The molecule has 2 aromatic rings. The van der Waals surface area contributed by atoms with E-state index in [4.69, 9.17) is 0 Å². The van der Waals surface area contributed by atoms with E-state index in [1.54, 1.807) is 11.3 Å². The number of aromatic nitrogens is 2. The van der Waals surface area contributed by atoms with E-state index in [0.717, 1.165) is 12.2 Å². The fourth-order valence-corrected chi connectivity index (χ4v) is 2.42. The van der Waals surface area contributed by atoms with Gasteiger partial charge in [0, 0.05) is 12.1 Å². The summed E-state index contributed by atoms with van der Waals surface area (Å²) < 4.78 is 0. The summed E-state index contributed by atoms with van der Waals surface area (Å²) in [5.74, 6) is 0. The van der Waals surface area contributed by atoms with Gasteiger partial charge >= 0.3 is 0 Å². The highest BCUT2D eigenvalue weighted by atomic mass is 32.1. The van der Waals surface area contributed by atoms with E-state index in [2.05, 4.69) is 33.9 Å². The maximum absolute atomic E-state index is 4.08. The van der Waals surface area contributed by atoms with Crippen LogP contribution < -0.4 is 5.32 Å². The Morgan fingerprint density at radius 3 is 3.07 bits per heavy atom. The topological polar surface area (TPSA) is 40.7 Å². The molecule has 4 heteroatoms. The quantitative estimate of drug-likeness (QED) is 0.809. The van der Waals surface area contributed by atoms with Crippen molar-refractivity contribution in [2.45, 2.75) is 13.5 Å². The molecule has 0 spiro atoms. The van der Waals surface area contributed by atoms with E-state index < -0.39 is 0 Å². The molecule has 0 atom stereocenters. The average Bonchev–Trinajstić information content (AvgIpc) is 2.74. The first kappa shape index (κ1) is 9.43. The second kappa shape index (κ2) is 3.94. The van der Waals surface area contributed by atoms with Crippen LogP contribution in [0.5, 0.6) is 0 Å². The van der Waals surface area contributed by atoms with Crippen LogP contribution in [0.15, 0.2) is 17.6 Å². The summed E-state index contributed by atoms with van der Waals surface area (Å²) in [7, 11) is 1.94. The Morgan fingerprint density at radius 1 is 1.57 bits per heavy atom. The fourth-order valence-electron chi connectivity index (χ4n) is 1.46. The summed E-state index contributed by atoms with van der Waals surface area (Å²) in [6.07, 6.45) is 1.88. The van der Waals surface area contributed by atoms with Gasteiger partial charge in [-0.05, 0) is 31.0 Å². The summed E-state index contributed by atoms with van der Waals surface area (Å²) >= 11 is 1.75. The summed E-state index contributed by atoms with van der Waals surface area (Å²) in [6.45, 7) is 2.97. The van der Waals surface area contributed by atoms with Gasteiger partial charge < -0.3 is 5.32 Å². The van der Waals surface area contributed by atoms with Crippen LogP contribution in [0.25, 0.3) is 10.6 Å². The molecule has 0 aliphatic heterocycles. The molecule has 0 saturated carbocycles. The first-order valence-electron chi connectivity index (χ1n) is 4.54. The Bertz CT molecular complexity index is 416. The largest absolute Gasteiger partial charge is 0.316 e. The third-order valence-electron chi connectivity index (χ3n) is 2.17. The molecule has 0 bridgehead atoms. The first-order chi connectivity index (χ1) is 6.83. The number of aryl methyl sites for hydroxylation is 1. The van der Waals surface area contributed by atoms with Crippen LogP contribution in [0.3, 0.4) is 0 Å². The van der Waals surface area contributed by atoms with Gasteiger partial charge in [0.1, 0.15) is 0 Å². The van der Waals surface area contributed by atoms with Crippen LogP contribution in [0.2, 0.25) is 0 Å². The Kier molecular flexibility index (Phi) is 2.65. The molecular weight excluding hydrogens is 194 g/mol. The van der Waals surface area contributed by atoms with Crippen molar-refractivity contribution in [1.82, 2.24) is 15.5 Å². The summed E-state index contributed by atoms with van der Waals surface area (Å²) in [4.78, 5) is 1.28. The average molecular weight is 207 g/mol. The lowest BCUT2D eigenvalue weighted by Crippen LogP contribution is -2.04. The van der Waals surface area contributed by atoms with Gasteiger partial charge in [0.15, 0.2) is 0 Å². The molecule has 0 saturated heterocycles. The van der Waals surface area contributed by atoms with Crippen LogP contribution in [-0.4, -0.2) is 17.2 Å². The van der Waals surface area contributed by atoms with E-state index in [9.17, 15) is 0 Å². The molecular formula is C10H13N3S. The molecule has 2 heterocycles. The van der Waals surface area contributed by atoms with Gasteiger partial charge in [-0.15, -0.1) is 11.3 Å². The first-order valence-corrected chi connectivity index (χ1v) is 5.42. The second-order valence-electron chi connectivity index (χ2n) is 3.23. The second-order valence-corrected chi connectivity index (χ2v) is 4.15. The SMILES string of the molecule is CNCc1cn[nH]c1-c1sccc1C. The molecule has 74 valence electrons. The molecule has 2 N–H and O–H groups in total. The fraction of sp³-hybridized carbons (Fsp3) is 0.300.